The molecule has 0 aromatic heterocycles. The van der Waals surface area contributed by atoms with Crippen molar-refractivity contribution in [2.24, 2.45) is 5.92 Å². The molecule has 2 nitrogen and oxygen atoms in total. The summed E-state index contributed by atoms with van der Waals surface area (Å²) in [5.74, 6) is 0.393. The van der Waals surface area contributed by atoms with Crippen LogP contribution in [0.5, 0.6) is 0 Å². The molecule has 15 heavy (non-hydrogen) atoms. The summed E-state index contributed by atoms with van der Waals surface area (Å²) in [5, 5.41) is 2.97. The fourth-order valence-corrected chi connectivity index (χ4v) is 1.99. The lowest BCUT2D eigenvalue weighted by molar-refractivity contribution is -0.122. The van der Waals surface area contributed by atoms with Crippen LogP contribution in [-0.4, -0.2) is 5.91 Å². The number of anilines is 1. The predicted octanol–water partition coefficient (Wildman–Crippen LogP) is 3.50. The average molecular weight is 268 g/mol. The van der Waals surface area contributed by atoms with Crippen molar-refractivity contribution < 1.29 is 4.79 Å². The summed E-state index contributed by atoms with van der Waals surface area (Å²) in [6, 6.07) is 5.97. The Labute approximate surface area is 98.2 Å². The van der Waals surface area contributed by atoms with E-state index >= 15 is 0 Å². The molecule has 0 saturated heterocycles. The molecular weight excluding hydrogens is 254 g/mol. The minimum absolute atomic E-state index is 0.160. The van der Waals surface area contributed by atoms with Crippen molar-refractivity contribution in [1.29, 1.82) is 0 Å². The molecule has 0 bridgehead atoms. The van der Waals surface area contributed by atoms with Gasteiger partial charge in [-0.05, 0) is 53.4 Å². The van der Waals surface area contributed by atoms with E-state index in [9.17, 15) is 4.79 Å². The Kier molecular flexibility index (Phi) is 3.10. The van der Waals surface area contributed by atoms with E-state index in [4.69, 9.17) is 0 Å². The first-order valence-corrected chi connectivity index (χ1v) is 6.03. The van der Waals surface area contributed by atoms with Crippen molar-refractivity contribution >= 4 is 27.5 Å². The molecule has 0 heterocycles. The van der Waals surface area contributed by atoms with Gasteiger partial charge in [-0.1, -0.05) is 12.5 Å². The van der Waals surface area contributed by atoms with Gasteiger partial charge in [-0.2, -0.15) is 0 Å². The second-order valence-electron chi connectivity index (χ2n) is 4.10. The number of nitrogens with one attached hydrogen (secondary N) is 1. The third-order valence-electron chi connectivity index (χ3n) is 2.86. The highest BCUT2D eigenvalue weighted by Crippen LogP contribution is 2.29. The van der Waals surface area contributed by atoms with Crippen LogP contribution in [0.4, 0.5) is 5.69 Å². The second kappa shape index (κ2) is 4.35. The molecular formula is C12H14BrNO. The van der Waals surface area contributed by atoms with E-state index < -0.39 is 0 Å². The molecule has 0 unspecified atom stereocenters. The first kappa shape index (κ1) is 10.7. The number of carbonyl (C=O) groups excluding carboxylic acids is 1. The van der Waals surface area contributed by atoms with Gasteiger partial charge >= 0.3 is 0 Å². The predicted molar refractivity (Wildman–Crippen MR) is 64.8 cm³/mol. The van der Waals surface area contributed by atoms with Gasteiger partial charge in [-0.25, -0.2) is 0 Å². The minimum atomic E-state index is 0.160. The van der Waals surface area contributed by atoms with Crippen LogP contribution in [0.1, 0.15) is 24.8 Å². The number of benzene rings is 1. The van der Waals surface area contributed by atoms with Gasteiger partial charge < -0.3 is 5.32 Å². The summed E-state index contributed by atoms with van der Waals surface area (Å²) in [7, 11) is 0. The average Bonchev–Trinajstić information content (AvgIpc) is 2.08. The molecule has 0 aliphatic heterocycles. The van der Waals surface area contributed by atoms with E-state index in [1.807, 2.05) is 25.1 Å². The summed E-state index contributed by atoms with van der Waals surface area (Å²) in [4.78, 5) is 11.7. The quantitative estimate of drug-likeness (QED) is 0.873. The highest BCUT2D eigenvalue weighted by molar-refractivity contribution is 9.10. The molecule has 1 aromatic rings. The number of halogens is 1. The highest BCUT2D eigenvalue weighted by atomic mass is 79.9. The van der Waals surface area contributed by atoms with Crippen molar-refractivity contribution in [3.63, 3.8) is 0 Å². The summed E-state index contributed by atoms with van der Waals surface area (Å²) < 4.78 is 0.945. The van der Waals surface area contributed by atoms with Crippen LogP contribution in [0.3, 0.4) is 0 Å². The molecule has 1 saturated carbocycles. The van der Waals surface area contributed by atoms with Gasteiger partial charge in [0.25, 0.3) is 0 Å². The largest absolute Gasteiger partial charge is 0.325 e. The molecule has 3 heteroatoms. The van der Waals surface area contributed by atoms with Crippen LogP contribution in [0.2, 0.25) is 0 Å². The Morgan fingerprint density at radius 2 is 2.20 bits per heavy atom. The van der Waals surface area contributed by atoms with E-state index in [0.29, 0.717) is 0 Å². The van der Waals surface area contributed by atoms with Gasteiger partial charge in [0.1, 0.15) is 0 Å². The van der Waals surface area contributed by atoms with E-state index in [2.05, 4.69) is 21.2 Å². The van der Waals surface area contributed by atoms with Gasteiger partial charge in [0.15, 0.2) is 0 Å². The molecule has 2 rings (SSSR count). The molecule has 1 N–H and O–H groups in total. The molecule has 0 spiro atoms. The topological polar surface area (TPSA) is 29.1 Å². The maximum absolute atomic E-state index is 11.7. The third kappa shape index (κ3) is 2.40. The highest BCUT2D eigenvalue weighted by Gasteiger charge is 2.25. The zero-order chi connectivity index (χ0) is 10.8. The van der Waals surface area contributed by atoms with Gasteiger partial charge in [0.2, 0.25) is 5.91 Å². The summed E-state index contributed by atoms with van der Waals surface area (Å²) >= 11 is 3.43. The molecule has 1 fully saturated rings. The maximum atomic E-state index is 11.7. The number of rotatable bonds is 2. The van der Waals surface area contributed by atoms with Crippen molar-refractivity contribution in [2.75, 3.05) is 5.32 Å². The Morgan fingerprint density at radius 1 is 1.47 bits per heavy atom. The smallest absolute Gasteiger partial charge is 0.227 e. The molecule has 1 aromatic carbocycles. The molecule has 0 atom stereocenters. The number of hydrogen-bond donors (Lipinski definition) is 1. The molecule has 0 radical (unpaired) electrons. The Bertz CT molecular complexity index is 385. The zero-order valence-corrected chi connectivity index (χ0v) is 10.3. The monoisotopic (exact) mass is 267 g/mol. The molecule has 1 amide bonds. The van der Waals surface area contributed by atoms with Crippen molar-refractivity contribution in [2.45, 2.75) is 26.2 Å². The number of carbonyl (C=O) groups is 1. The minimum Gasteiger partial charge on any atom is -0.325 e. The van der Waals surface area contributed by atoms with E-state index in [1.54, 1.807) is 0 Å². The first-order chi connectivity index (χ1) is 7.16. The lowest BCUT2D eigenvalue weighted by atomic mass is 9.85. The van der Waals surface area contributed by atoms with E-state index in [1.165, 1.54) is 6.42 Å². The van der Waals surface area contributed by atoms with Crippen LogP contribution in [0.15, 0.2) is 22.7 Å². The number of amides is 1. The Balaban J connectivity index is 2.09. The van der Waals surface area contributed by atoms with Crippen LogP contribution in [0, 0.1) is 12.8 Å². The van der Waals surface area contributed by atoms with Crippen molar-refractivity contribution in [3.8, 4) is 0 Å². The fraction of sp³-hybridized carbons (Fsp3) is 0.417. The van der Waals surface area contributed by atoms with E-state index in [-0.39, 0.29) is 11.8 Å². The summed E-state index contributed by atoms with van der Waals surface area (Å²) in [6.45, 7) is 2.02. The van der Waals surface area contributed by atoms with E-state index in [0.717, 1.165) is 28.6 Å². The molecule has 1 aliphatic carbocycles. The lowest BCUT2D eigenvalue weighted by Crippen LogP contribution is -2.28. The van der Waals surface area contributed by atoms with Gasteiger partial charge in [-0.3, -0.25) is 4.79 Å². The van der Waals surface area contributed by atoms with Gasteiger partial charge in [-0.15, -0.1) is 0 Å². The number of hydrogen-bond acceptors (Lipinski definition) is 1. The van der Waals surface area contributed by atoms with Crippen LogP contribution < -0.4 is 5.32 Å². The standard InChI is InChI=1S/C12H14BrNO/c1-8-5-6-10(13)11(7-8)14-12(15)9-3-2-4-9/h5-7,9H,2-4H2,1H3,(H,14,15). The first-order valence-electron chi connectivity index (χ1n) is 5.24. The second-order valence-corrected chi connectivity index (χ2v) is 4.95. The Morgan fingerprint density at radius 3 is 2.80 bits per heavy atom. The maximum Gasteiger partial charge on any atom is 0.227 e. The van der Waals surface area contributed by atoms with Crippen molar-refractivity contribution in [3.05, 3.63) is 28.2 Å². The molecule has 80 valence electrons. The summed E-state index contributed by atoms with van der Waals surface area (Å²) in [6.07, 6.45) is 3.26. The fourth-order valence-electron chi connectivity index (χ4n) is 1.64. The van der Waals surface area contributed by atoms with Crippen LogP contribution in [0.25, 0.3) is 0 Å². The van der Waals surface area contributed by atoms with Crippen LogP contribution >= 0.6 is 15.9 Å². The van der Waals surface area contributed by atoms with Crippen molar-refractivity contribution in [1.82, 2.24) is 0 Å². The lowest BCUT2D eigenvalue weighted by Gasteiger charge is -2.24. The molecule has 1 aliphatic rings. The number of aryl methyl sites for hydroxylation is 1. The van der Waals surface area contributed by atoms with Gasteiger partial charge in [0, 0.05) is 10.4 Å². The van der Waals surface area contributed by atoms with Crippen LogP contribution in [-0.2, 0) is 4.79 Å². The Hall–Kier alpha value is -0.830. The third-order valence-corrected chi connectivity index (χ3v) is 3.55. The normalized spacial score (nSPS) is 15.9. The summed E-state index contributed by atoms with van der Waals surface area (Å²) in [5.41, 5.74) is 2.04. The SMILES string of the molecule is Cc1ccc(Br)c(NC(=O)C2CCC2)c1. The zero-order valence-electron chi connectivity index (χ0n) is 8.72. The van der Waals surface area contributed by atoms with Gasteiger partial charge in [0.05, 0.1) is 5.69 Å².